The molecule has 6 heteroatoms. The number of nitrogens with one attached hydrogen (secondary N) is 1. The van der Waals surface area contributed by atoms with Gasteiger partial charge < -0.3 is 5.73 Å². The van der Waals surface area contributed by atoms with Gasteiger partial charge in [0.05, 0.1) is 0 Å². The van der Waals surface area contributed by atoms with E-state index < -0.39 is 0 Å². The van der Waals surface area contributed by atoms with Crippen LogP contribution in [-0.4, -0.2) is 20.8 Å². The molecule has 1 aliphatic carbocycles. The van der Waals surface area contributed by atoms with Crippen molar-refractivity contribution in [1.82, 2.24) is 15.0 Å². The van der Waals surface area contributed by atoms with Crippen molar-refractivity contribution in [3.05, 3.63) is 41.3 Å². The number of hydrogen-bond acceptors (Lipinski definition) is 5. The van der Waals surface area contributed by atoms with E-state index in [0.29, 0.717) is 10.7 Å². The first-order valence-corrected chi connectivity index (χ1v) is 7.38. The second-order valence-electron chi connectivity index (χ2n) is 4.70. The predicted octanol–water partition coefficient (Wildman–Crippen LogP) is 2.19. The Kier molecular flexibility index (Phi) is 3.64. The summed E-state index contributed by atoms with van der Waals surface area (Å²) in [5.74, 6) is 0.0457. The summed E-state index contributed by atoms with van der Waals surface area (Å²) in [7, 11) is 0. The lowest BCUT2D eigenvalue weighted by molar-refractivity contribution is 0.660. The van der Waals surface area contributed by atoms with Crippen LogP contribution in [0.25, 0.3) is 0 Å². The van der Waals surface area contributed by atoms with Crippen molar-refractivity contribution in [3.8, 4) is 0 Å². The average molecular weight is 285 g/mol. The standard InChI is InChI=1S/C14H15N5S/c15-12(16)10-8-9-4-1-2-5-11(9)19-13(10)20-14-17-6-3-7-18-14/h3,6-8H,1-2,4-5H2,(H3,15,16). The molecule has 20 heavy (non-hydrogen) atoms. The highest BCUT2D eigenvalue weighted by Crippen LogP contribution is 2.30. The molecule has 2 heterocycles. The molecule has 0 bridgehead atoms. The third kappa shape index (κ3) is 2.65. The summed E-state index contributed by atoms with van der Waals surface area (Å²) in [4.78, 5) is 13.1. The highest BCUT2D eigenvalue weighted by Gasteiger charge is 2.17. The molecule has 2 aromatic heterocycles. The molecule has 0 radical (unpaired) electrons. The third-order valence-corrected chi connectivity index (χ3v) is 4.18. The minimum atomic E-state index is 0.0457. The van der Waals surface area contributed by atoms with Crippen LogP contribution in [-0.2, 0) is 12.8 Å². The molecule has 0 fully saturated rings. The maximum Gasteiger partial charge on any atom is 0.193 e. The van der Waals surface area contributed by atoms with Crippen molar-refractivity contribution in [2.75, 3.05) is 0 Å². The Labute approximate surface area is 121 Å². The molecule has 3 rings (SSSR count). The van der Waals surface area contributed by atoms with Crippen molar-refractivity contribution in [3.63, 3.8) is 0 Å². The van der Waals surface area contributed by atoms with Crippen LogP contribution < -0.4 is 5.73 Å². The van der Waals surface area contributed by atoms with Gasteiger partial charge in [-0.15, -0.1) is 0 Å². The average Bonchev–Trinajstić information content (AvgIpc) is 2.47. The monoisotopic (exact) mass is 285 g/mol. The molecule has 0 aromatic carbocycles. The largest absolute Gasteiger partial charge is 0.384 e. The van der Waals surface area contributed by atoms with Crippen LogP contribution in [0.1, 0.15) is 29.7 Å². The molecule has 0 unspecified atom stereocenters. The minimum Gasteiger partial charge on any atom is -0.384 e. The van der Waals surface area contributed by atoms with E-state index in [9.17, 15) is 0 Å². The molecule has 2 aromatic rings. The van der Waals surface area contributed by atoms with E-state index in [1.807, 2.05) is 6.07 Å². The number of aryl methyl sites for hydroxylation is 2. The summed E-state index contributed by atoms with van der Waals surface area (Å²) < 4.78 is 0. The molecule has 0 saturated carbocycles. The number of hydrogen-bond donors (Lipinski definition) is 2. The number of nitrogen functional groups attached to an aromatic ring is 1. The first-order valence-electron chi connectivity index (χ1n) is 6.56. The number of nitrogens with zero attached hydrogens (tertiary/aromatic N) is 3. The normalized spacial score (nSPS) is 13.8. The SMILES string of the molecule is N=C(N)c1cc2c(nc1Sc1ncccn1)CCCC2. The lowest BCUT2D eigenvalue weighted by Gasteiger charge is -2.17. The van der Waals surface area contributed by atoms with Crippen LogP contribution in [0.15, 0.2) is 34.7 Å². The fourth-order valence-corrected chi connectivity index (χ4v) is 3.14. The summed E-state index contributed by atoms with van der Waals surface area (Å²) in [6.45, 7) is 0. The Balaban J connectivity index is 2.02. The van der Waals surface area contributed by atoms with Gasteiger partial charge in [0.15, 0.2) is 5.16 Å². The van der Waals surface area contributed by atoms with E-state index in [1.165, 1.54) is 30.2 Å². The molecule has 0 aliphatic heterocycles. The van der Waals surface area contributed by atoms with Crippen molar-refractivity contribution in [2.45, 2.75) is 35.9 Å². The van der Waals surface area contributed by atoms with Crippen molar-refractivity contribution in [1.29, 1.82) is 5.41 Å². The van der Waals surface area contributed by atoms with Crippen molar-refractivity contribution in [2.24, 2.45) is 5.73 Å². The van der Waals surface area contributed by atoms with E-state index in [-0.39, 0.29) is 5.84 Å². The fourth-order valence-electron chi connectivity index (χ4n) is 2.31. The van der Waals surface area contributed by atoms with Crippen LogP contribution in [0.2, 0.25) is 0 Å². The van der Waals surface area contributed by atoms with Gasteiger partial charge in [0, 0.05) is 23.7 Å². The number of fused-ring (bicyclic) bond motifs is 1. The highest BCUT2D eigenvalue weighted by molar-refractivity contribution is 7.99. The van der Waals surface area contributed by atoms with Gasteiger partial charge in [-0.25, -0.2) is 15.0 Å². The molecular weight excluding hydrogens is 270 g/mol. The summed E-state index contributed by atoms with van der Waals surface area (Å²) in [5.41, 5.74) is 8.72. The Morgan fingerprint density at radius 1 is 1.20 bits per heavy atom. The Bertz CT molecular complexity index is 642. The van der Waals surface area contributed by atoms with Crippen LogP contribution >= 0.6 is 11.8 Å². The molecule has 1 aliphatic rings. The summed E-state index contributed by atoms with van der Waals surface area (Å²) >= 11 is 1.36. The first-order chi connectivity index (χ1) is 9.74. The van der Waals surface area contributed by atoms with Crippen molar-refractivity contribution < 1.29 is 0 Å². The maximum atomic E-state index is 7.74. The topological polar surface area (TPSA) is 88.5 Å². The molecule has 0 saturated heterocycles. The van der Waals surface area contributed by atoms with E-state index in [2.05, 4.69) is 9.97 Å². The highest BCUT2D eigenvalue weighted by atomic mass is 32.2. The van der Waals surface area contributed by atoms with Crippen LogP contribution in [0.5, 0.6) is 0 Å². The molecule has 0 atom stereocenters. The van der Waals surface area contributed by atoms with Crippen LogP contribution in [0.4, 0.5) is 0 Å². The van der Waals surface area contributed by atoms with Gasteiger partial charge in [0.2, 0.25) is 0 Å². The van der Waals surface area contributed by atoms with Gasteiger partial charge in [0.1, 0.15) is 10.9 Å². The number of nitrogens with two attached hydrogens (primary N) is 1. The lowest BCUT2D eigenvalue weighted by Crippen LogP contribution is -2.16. The number of amidine groups is 1. The van der Waals surface area contributed by atoms with E-state index in [4.69, 9.17) is 16.1 Å². The quantitative estimate of drug-likeness (QED) is 0.512. The zero-order valence-corrected chi connectivity index (χ0v) is 11.8. The third-order valence-electron chi connectivity index (χ3n) is 3.29. The molecular formula is C14H15N5S. The van der Waals surface area contributed by atoms with E-state index in [1.54, 1.807) is 18.5 Å². The molecule has 0 spiro atoms. The summed E-state index contributed by atoms with van der Waals surface area (Å²) in [6.07, 6.45) is 7.76. The smallest absolute Gasteiger partial charge is 0.193 e. The van der Waals surface area contributed by atoms with Gasteiger partial charge >= 0.3 is 0 Å². The Hall–Kier alpha value is -1.95. The van der Waals surface area contributed by atoms with E-state index in [0.717, 1.165) is 23.6 Å². The zero-order chi connectivity index (χ0) is 13.9. The van der Waals surface area contributed by atoms with Crippen molar-refractivity contribution >= 4 is 17.6 Å². The van der Waals surface area contributed by atoms with Gasteiger partial charge in [-0.3, -0.25) is 5.41 Å². The minimum absolute atomic E-state index is 0.0457. The molecule has 0 amide bonds. The summed E-state index contributed by atoms with van der Waals surface area (Å²) in [6, 6.07) is 3.78. The number of rotatable bonds is 3. The first kappa shape index (κ1) is 13.1. The van der Waals surface area contributed by atoms with Gasteiger partial charge in [-0.05, 0) is 55.1 Å². The molecule has 3 N–H and O–H groups in total. The predicted molar refractivity (Wildman–Crippen MR) is 78.1 cm³/mol. The number of pyridine rings is 1. The maximum absolute atomic E-state index is 7.74. The molecule has 5 nitrogen and oxygen atoms in total. The Morgan fingerprint density at radius 2 is 1.95 bits per heavy atom. The molecule has 102 valence electrons. The zero-order valence-electron chi connectivity index (χ0n) is 11.0. The fraction of sp³-hybridized carbons (Fsp3) is 0.286. The number of aromatic nitrogens is 3. The lowest BCUT2D eigenvalue weighted by atomic mass is 9.95. The second-order valence-corrected chi connectivity index (χ2v) is 5.66. The second kappa shape index (κ2) is 5.58. The van der Waals surface area contributed by atoms with Gasteiger partial charge in [-0.1, -0.05) is 0 Å². The van der Waals surface area contributed by atoms with Gasteiger partial charge in [0.25, 0.3) is 0 Å². The van der Waals surface area contributed by atoms with Crippen LogP contribution in [0, 0.1) is 5.41 Å². The van der Waals surface area contributed by atoms with Gasteiger partial charge in [-0.2, -0.15) is 0 Å². The van der Waals surface area contributed by atoms with Crippen LogP contribution in [0.3, 0.4) is 0 Å². The summed E-state index contributed by atoms with van der Waals surface area (Å²) in [5, 5.41) is 9.09. The Morgan fingerprint density at radius 3 is 2.70 bits per heavy atom. The van der Waals surface area contributed by atoms with E-state index >= 15 is 0 Å².